The molecule has 0 aliphatic carbocycles. The molecule has 0 saturated carbocycles. The number of likely N-dealkylation sites (N-methyl/N-ethyl adjacent to an activating group) is 1. The number of benzene rings is 3. The predicted octanol–water partition coefficient (Wildman–Crippen LogP) is 3.82. The number of nitrogens with one attached hydrogen (secondary N) is 3. The summed E-state index contributed by atoms with van der Waals surface area (Å²) in [6.07, 6.45) is -5.06. The predicted molar refractivity (Wildman–Crippen MR) is 138 cm³/mol. The van der Waals surface area contributed by atoms with Gasteiger partial charge in [-0.2, -0.15) is 8.42 Å². The molecule has 3 aromatic rings. The van der Waals surface area contributed by atoms with Gasteiger partial charge in [0, 0.05) is 19.2 Å². The molecule has 3 N–H and O–H groups in total. The fourth-order valence-corrected chi connectivity index (χ4v) is 4.27. The van der Waals surface area contributed by atoms with E-state index in [0.29, 0.717) is 17.0 Å². The molecule has 0 aliphatic rings. The number of nitrogens with zero attached hydrogens (tertiary/aromatic N) is 1. The molecule has 3 amide bonds. The number of para-hydroxylation sites is 2. The maximum absolute atomic E-state index is 13.3. The average molecular weight is 567 g/mol. The number of hydrogen-bond acceptors (Lipinski definition) is 6. The Morgan fingerprint density at radius 3 is 2.18 bits per heavy atom. The lowest BCUT2D eigenvalue weighted by molar-refractivity contribution is -0.274. The molecular formula is C25H25F3N4O6S. The van der Waals surface area contributed by atoms with Crippen molar-refractivity contribution < 1.29 is 40.7 Å². The van der Waals surface area contributed by atoms with Gasteiger partial charge in [0.25, 0.3) is 0 Å². The number of alkyl halides is 3. The van der Waals surface area contributed by atoms with Crippen molar-refractivity contribution in [3.05, 3.63) is 84.4 Å². The van der Waals surface area contributed by atoms with Gasteiger partial charge >= 0.3 is 22.6 Å². The van der Waals surface area contributed by atoms with E-state index in [0.717, 1.165) is 12.1 Å². The van der Waals surface area contributed by atoms with Crippen LogP contribution >= 0.6 is 0 Å². The van der Waals surface area contributed by atoms with E-state index in [2.05, 4.69) is 10.1 Å². The third-order valence-corrected chi connectivity index (χ3v) is 6.20. The van der Waals surface area contributed by atoms with Crippen molar-refractivity contribution in [2.24, 2.45) is 0 Å². The highest BCUT2D eigenvalue weighted by atomic mass is 32.2. The minimum atomic E-state index is -5.08. The van der Waals surface area contributed by atoms with Crippen molar-refractivity contribution in [2.75, 3.05) is 23.8 Å². The maximum Gasteiger partial charge on any atom is 0.573 e. The summed E-state index contributed by atoms with van der Waals surface area (Å²) in [6.45, 7) is 0. The molecule has 0 heterocycles. The smallest absolute Gasteiger partial charge is 0.497 e. The van der Waals surface area contributed by atoms with E-state index in [1.165, 1.54) is 31.2 Å². The van der Waals surface area contributed by atoms with Crippen LogP contribution in [0.1, 0.15) is 5.56 Å². The molecule has 0 fully saturated rings. The summed E-state index contributed by atoms with van der Waals surface area (Å²) >= 11 is 0. The Bertz CT molecular complexity index is 1390. The van der Waals surface area contributed by atoms with E-state index in [1.54, 1.807) is 59.3 Å². The minimum Gasteiger partial charge on any atom is -0.497 e. The highest BCUT2D eigenvalue weighted by Crippen LogP contribution is 2.30. The second kappa shape index (κ2) is 12.4. The van der Waals surface area contributed by atoms with Gasteiger partial charge < -0.3 is 19.7 Å². The number of halogens is 3. The number of rotatable bonds is 10. The van der Waals surface area contributed by atoms with Gasteiger partial charge in [-0.15, -0.1) is 13.2 Å². The zero-order valence-corrected chi connectivity index (χ0v) is 21.5. The Morgan fingerprint density at radius 1 is 0.949 bits per heavy atom. The molecule has 14 heteroatoms. The summed E-state index contributed by atoms with van der Waals surface area (Å²) in [6, 6.07) is 17.1. The van der Waals surface area contributed by atoms with Crippen LogP contribution in [0.15, 0.2) is 78.9 Å². The van der Waals surface area contributed by atoms with Gasteiger partial charge in [-0.3, -0.25) is 9.52 Å². The van der Waals surface area contributed by atoms with Crippen molar-refractivity contribution >= 4 is 33.5 Å². The maximum atomic E-state index is 13.3. The average Bonchev–Trinajstić information content (AvgIpc) is 2.88. The summed E-state index contributed by atoms with van der Waals surface area (Å²) in [4.78, 5) is 27.3. The quantitative estimate of drug-likeness (QED) is 0.343. The lowest BCUT2D eigenvalue weighted by Crippen LogP contribution is -2.53. The van der Waals surface area contributed by atoms with Crippen molar-refractivity contribution in [2.45, 2.75) is 18.8 Å². The highest BCUT2D eigenvalue weighted by molar-refractivity contribution is 7.91. The molecule has 0 saturated heterocycles. The first kappa shape index (κ1) is 29.1. The first-order valence-corrected chi connectivity index (χ1v) is 12.8. The molecule has 0 radical (unpaired) electrons. The Morgan fingerprint density at radius 2 is 1.56 bits per heavy atom. The van der Waals surface area contributed by atoms with Gasteiger partial charge in [-0.05, 0) is 42.0 Å². The van der Waals surface area contributed by atoms with Crippen molar-refractivity contribution in [3.8, 4) is 11.5 Å². The second-order valence-corrected chi connectivity index (χ2v) is 9.48. The fraction of sp³-hybridized carbons (Fsp3) is 0.200. The largest absolute Gasteiger partial charge is 0.573 e. The summed E-state index contributed by atoms with van der Waals surface area (Å²) in [7, 11) is -1.76. The topological polar surface area (TPSA) is 126 Å². The summed E-state index contributed by atoms with van der Waals surface area (Å²) in [5.41, 5.74) is 0.599. The van der Waals surface area contributed by atoms with Gasteiger partial charge in [0.15, 0.2) is 5.75 Å². The van der Waals surface area contributed by atoms with Gasteiger partial charge in [-0.25, -0.2) is 9.52 Å². The van der Waals surface area contributed by atoms with Gasteiger partial charge in [-0.1, -0.05) is 42.5 Å². The molecule has 39 heavy (non-hydrogen) atoms. The van der Waals surface area contributed by atoms with Crippen LogP contribution in [-0.2, 0) is 21.4 Å². The molecule has 208 valence electrons. The highest BCUT2D eigenvalue weighted by Gasteiger charge is 2.33. The van der Waals surface area contributed by atoms with Crippen LogP contribution < -0.4 is 29.1 Å². The van der Waals surface area contributed by atoms with E-state index in [1.807, 2.05) is 4.72 Å². The van der Waals surface area contributed by atoms with Crippen LogP contribution in [0.5, 0.6) is 11.5 Å². The number of methoxy groups -OCH3 is 1. The van der Waals surface area contributed by atoms with Gasteiger partial charge in [0.2, 0.25) is 5.91 Å². The van der Waals surface area contributed by atoms with Crippen molar-refractivity contribution in [3.63, 3.8) is 0 Å². The van der Waals surface area contributed by atoms with Gasteiger partial charge in [0.05, 0.1) is 12.8 Å². The van der Waals surface area contributed by atoms with Crippen LogP contribution in [0.4, 0.5) is 29.3 Å². The van der Waals surface area contributed by atoms with Crippen LogP contribution in [0, 0.1) is 0 Å². The van der Waals surface area contributed by atoms with Crippen LogP contribution in [-0.4, -0.2) is 46.9 Å². The van der Waals surface area contributed by atoms with E-state index >= 15 is 0 Å². The molecule has 0 aromatic heterocycles. The van der Waals surface area contributed by atoms with Crippen molar-refractivity contribution in [1.82, 2.24) is 10.0 Å². The zero-order chi connectivity index (χ0) is 28.6. The number of carbonyl (C=O) groups is 2. The third-order valence-electron chi connectivity index (χ3n) is 5.26. The Hall–Kier alpha value is -4.46. The zero-order valence-electron chi connectivity index (χ0n) is 20.7. The normalized spacial score (nSPS) is 12.1. The molecule has 3 rings (SSSR count). The SMILES string of the molecule is COc1ccc(N(C)C(=O)[C@H](Cc2ccccc2)NC(=O)NS(=O)(=O)Nc2ccccc2OC(F)(F)F)cc1. The molecule has 0 spiro atoms. The summed E-state index contributed by atoms with van der Waals surface area (Å²) < 4.78 is 75.4. The lowest BCUT2D eigenvalue weighted by Gasteiger charge is -2.25. The van der Waals surface area contributed by atoms with E-state index < -0.39 is 46.0 Å². The van der Waals surface area contributed by atoms with Crippen molar-refractivity contribution in [1.29, 1.82) is 0 Å². The molecule has 0 aliphatic heterocycles. The minimum absolute atomic E-state index is 0.0172. The van der Waals surface area contributed by atoms with Crippen LogP contribution in [0.3, 0.4) is 0 Å². The molecule has 0 bridgehead atoms. The number of ether oxygens (including phenoxy) is 2. The second-order valence-electron chi connectivity index (χ2n) is 8.06. The Labute approximate surface area is 222 Å². The first-order valence-electron chi connectivity index (χ1n) is 11.3. The Balaban J connectivity index is 1.76. The van der Waals surface area contributed by atoms with Crippen LogP contribution in [0.25, 0.3) is 0 Å². The molecule has 10 nitrogen and oxygen atoms in total. The molecule has 0 unspecified atom stereocenters. The number of anilines is 2. The van der Waals surface area contributed by atoms with E-state index in [-0.39, 0.29) is 6.42 Å². The number of urea groups is 1. The lowest BCUT2D eigenvalue weighted by atomic mass is 10.0. The first-order chi connectivity index (χ1) is 18.4. The number of carbonyl (C=O) groups excluding carboxylic acids is 2. The molecule has 1 atom stereocenters. The summed E-state index contributed by atoms with van der Waals surface area (Å²) in [5, 5.41) is 2.34. The number of hydrogen-bond donors (Lipinski definition) is 3. The molecule has 3 aromatic carbocycles. The monoisotopic (exact) mass is 566 g/mol. The summed E-state index contributed by atoms with van der Waals surface area (Å²) in [5.74, 6) is -0.819. The molecular weight excluding hydrogens is 541 g/mol. The van der Waals surface area contributed by atoms with Crippen LogP contribution in [0.2, 0.25) is 0 Å². The van der Waals surface area contributed by atoms with E-state index in [9.17, 15) is 31.2 Å². The fourth-order valence-electron chi connectivity index (χ4n) is 3.46. The third kappa shape index (κ3) is 8.81. The van der Waals surface area contributed by atoms with Gasteiger partial charge in [0.1, 0.15) is 11.8 Å². The Kier molecular flexibility index (Phi) is 9.24. The number of amides is 3. The van der Waals surface area contributed by atoms with E-state index in [4.69, 9.17) is 4.74 Å². The standard InChI is InChI=1S/C25H25F3N4O6S/c1-32(18-12-14-19(37-2)15-13-18)23(33)21(16-17-8-4-3-5-9-17)29-24(34)31-39(35,36)30-20-10-6-7-11-22(20)38-25(26,27)28/h3-15,21,30H,16H2,1-2H3,(H2,29,31,34)/t21-/m0/s1.